The quantitative estimate of drug-likeness (QED) is 0.822. The number of hydrogen-bond acceptors (Lipinski definition) is 3. The number of hydrogen-bond donors (Lipinski definition) is 2. The van der Waals surface area contributed by atoms with E-state index in [1.165, 1.54) is 0 Å². The highest BCUT2D eigenvalue weighted by atomic mass is 16.2. The van der Waals surface area contributed by atoms with Gasteiger partial charge in [0.15, 0.2) is 0 Å². The van der Waals surface area contributed by atoms with Crippen LogP contribution in [0.1, 0.15) is 21.5 Å². The third-order valence-electron chi connectivity index (χ3n) is 3.07. The summed E-state index contributed by atoms with van der Waals surface area (Å²) in [5, 5.41) is 15.7. The van der Waals surface area contributed by atoms with Crippen molar-refractivity contribution < 1.29 is 9.90 Å². The van der Waals surface area contributed by atoms with E-state index >= 15 is 0 Å². The zero-order valence-corrected chi connectivity index (χ0v) is 11.8. The summed E-state index contributed by atoms with van der Waals surface area (Å²) < 4.78 is 1.76. The number of nitrogens with one attached hydrogen (secondary N) is 1. The van der Waals surface area contributed by atoms with Gasteiger partial charge >= 0.3 is 0 Å². The fourth-order valence-electron chi connectivity index (χ4n) is 1.96. The molecule has 0 bridgehead atoms. The molecule has 5 heteroatoms. The van der Waals surface area contributed by atoms with Gasteiger partial charge in [-0.3, -0.25) is 9.48 Å². The van der Waals surface area contributed by atoms with E-state index in [9.17, 15) is 4.79 Å². The largest absolute Gasteiger partial charge is 0.384 e. The molecule has 5 nitrogen and oxygen atoms in total. The van der Waals surface area contributed by atoms with E-state index < -0.39 is 0 Å². The molecule has 0 aliphatic rings. The maximum atomic E-state index is 12.2. The first-order valence-corrected chi connectivity index (χ1v) is 6.67. The molecular weight excluding hydrogens is 266 g/mol. The second-order valence-electron chi connectivity index (χ2n) is 4.46. The van der Waals surface area contributed by atoms with Crippen LogP contribution in [0.15, 0.2) is 36.7 Å². The van der Waals surface area contributed by atoms with E-state index in [1.54, 1.807) is 23.0 Å². The number of aromatic nitrogens is 2. The Morgan fingerprint density at radius 1 is 1.43 bits per heavy atom. The molecular formula is C16H17N3O2. The normalized spacial score (nSPS) is 9.81. The number of aliphatic hydroxyl groups excluding tert-OH is 1. The van der Waals surface area contributed by atoms with Crippen molar-refractivity contribution >= 4 is 5.91 Å². The summed E-state index contributed by atoms with van der Waals surface area (Å²) in [5.74, 6) is 5.31. The van der Waals surface area contributed by atoms with Crippen LogP contribution in [0.25, 0.3) is 0 Å². The van der Waals surface area contributed by atoms with E-state index in [-0.39, 0.29) is 12.5 Å². The molecule has 0 fully saturated rings. The molecule has 0 unspecified atom stereocenters. The van der Waals surface area contributed by atoms with E-state index in [0.717, 1.165) is 11.1 Å². The Morgan fingerprint density at radius 2 is 2.29 bits per heavy atom. The summed E-state index contributed by atoms with van der Waals surface area (Å²) >= 11 is 0. The minimum atomic E-state index is -0.195. The molecule has 0 saturated heterocycles. The molecule has 2 aromatic rings. The van der Waals surface area contributed by atoms with Crippen LogP contribution >= 0.6 is 0 Å². The van der Waals surface area contributed by atoms with Crippen LogP contribution in [0.2, 0.25) is 0 Å². The average Bonchev–Trinajstić information content (AvgIpc) is 2.99. The topological polar surface area (TPSA) is 67.2 Å². The van der Waals surface area contributed by atoms with Crippen molar-refractivity contribution in [3.63, 3.8) is 0 Å². The lowest BCUT2D eigenvalue weighted by Crippen LogP contribution is -2.28. The summed E-state index contributed by atoms with van der Waals surface area (Å²) in [4.78, 5) is 12.2. The average molecular weight is 283 g/mol. The van der Waals surface area contributed by atoms with Crippen LogP contribution in [-0.4, -0.2) is 33.9 Å². The van der Waals surface area contributed by atoms with Gasteiger partial charge in [-0.05, 0) is 30.7 Å². The van der Waals surface area contributed by atoms with Crippen molar-refractivity contribution in [3.05, 3.63) is 53.3 Å². The third kappa shape index (κ3) is 3.94. The second-order valence-corrected chi connectivity index (χ2v) is 4.46. The first-order chi connectivity index (χ1) is 10.2. The van der Waals surface area contributed by atoms with E-state index in [4.69, 9.17) is 5.11 Å². The number of carbonyl (C=O) groups is 1. The predicted molar refractivity (Wildman–Crippen MR) is 79.7 cm³/mol. The molecule has 21 heavy (non-hydrogen) atoms. The second kappa shape index (κ2) is 7.27. The van der Waals surface area contributed by atoms with Gasteiger partial charge in [0.25, 0.3) is 5.91 Å². The minimum Gasteiger partial charge on any atom is -0.384 e. The van der Waals surface area contributed by atoms with Gasteiger partial charge < -0.3 is 10.4 Å². The van der Waals surface area contributed by atoms with Gasteiger partial charge in [-0.1, -0.05) is 17.9 Å². The Bertz CT molecular complexity index is 667. The van der Waals surface area contributed by atoms with Gasteiger partial charge in [-0.2, -0.15) is 5.10 Å². The van der Waals surface area contributed by atoms with Gasteiger partial charge in [-0.15, -0.1) is 0 Å². The maximum Gasteiger partial charge on any atom is 0.251 e. The Labute approximate surface area is 123 Å². The molecule has 1 aromatic carbocycles. The molecule has 1 heterocycles. The molecule has 2 rings (SSSR count). The van der Waals surface area contributed by atoms with E-state index in [1.807, 2.05) is 25.3 Å². The van der Waals surface area contributed by atoms with Crippen molar-refractivity contribution in [1.82, 2.24) is 15.1 Å². The van der Waals surface area contributed by atoms with Crippen LogP contribution in [0.3, 0.4) is 0 Å². The van der Waals surface area contributed by atoms with Gasteiger partial charge in [0.2, 0.25) is 0 Å². The summed E-state index contributed by atoms with van der Waals surface area (Å²) in [6.07, 6.45) is 3.55. The fraction of sp³-hybridized carbons (Fsp3) is 0.250. The number of amides is 1. The maximum absolute atomic E-state index is 12.2. The lowest BCUT2D eigenvalue weighted by Gasteiger charge is -2.09. The number of rotatable bonds is 4. The number of aliphatic hydroxyl groups is 1. The first kappa shape index (κ1) is 14.8. The molecule has 0 aliphatic heterocycles. The van der Waals surface area contributed by atoms with Gasteiger partial charge in [0, 0.05) is 30.1 Å². The van der Waals surface area contributed by atoms with Crippen LogP contribution in [0.4, 0.5) is 0 Å². The van der Waals surface area contributed by atoms with Crippen molar-refractivity contribution in [2.45, 2.75) is 13.5 Å². The number of carbonyl (C=O) groups excluding carboxylic acids is 1. The highest BCUT2D eigenvalue weighted by molar-refractivity contribution is 5.96. The van der Waals surface area contributed by atoms with Gasteiger partial charge in [-0.25, -0.2) is 0 Å². The number of nitrogens with zero attached hydrogens (tertiary/aromatic N) is 2. The molecule has 0 aliphatic carbocycles. The Kier molecular flexibility index (Phi) is 5.13. The van der Waals surface area contributed by atoms with Crippen LogP contribution in [0, 0.1) is 18.8 Å². The number of benzene rings is 1. The molecule has 1 aromatic heterocycles. The van der Waals surface area contributed by atoms with Crippen molar-refractivity contribution in [3.8, 4) is 11.8 Å². The molecule has 0 saturated carbocycles. The standard InChI is InChI=1S/C16H17N3O2/c1-13-14(6-3-12-20)5-2-7-15(13)16(21)17-9-11-19-10-4-8-18-19/h2,4-5,7-8,10,20H,9,11-12H2,1H3,(H,17,21). The molecule has 0 atom stereocenters. The highest BCUT2D eigenvalue weighted by Gasteiger charge is 2.10. The molecule has 1 amide bonds. The van der Waals surface area contributed by atoms with Crippen LogP contribution in [-0.2, 0) is 6.54 Å². The van der Waals surface area contributed by atoms with Crippen molar-refractivity contribution in [2.24, 2.45) is 0 Å². The first-order valence-electron chi connectivity index (χ1n) is 6.67. The predicted octanol–water partition coefficient (Wildman–Crippen LogP) is 0.965. The van der Waals surface area contributed by atoms with E-state index in [0.29, 0.717) is 18.7 Å². The lowest BCUT2D eigenvalue weighted by molar-refractivity contribution is 0.0951. The van der Waals surface area contributed by atoms with Crippen LogP contribution < -0.4 is 5.32 Å². The minimum absolute atomic E-state index is 0.132. The smallest absolute Gasteiger partial charge is 0.251 e. The third-order valence-corrected chi connectivity index (χ3v) is 3.07. The zero-order chi connectivity index (χ0) is 15.1. The Hall–Kier alpha value is -2.58. The van der Waals surface area contributed by atoms with Gasteiger partial charge in [0.05, 0.1) is 6.54 Å². The van der Waals surface area contributed by atoms with Gasteiger partial charge in [0.1, 0.15) is 6.61 Å². The Balaban J connectivity index is 2.01. The van der Waals surface area contributed by atoms with Crippen LogP contribution in [0.5, 0.6) is 0 Å². The summed E-state index contributed by atoms with van der Waals surface area (Å²) in [6, 6.07) is 7.23. The highest BCUT2D eigenvalue weighted by Crippen LogP contribution is 2.12. The summed E-state index contributed by atoms with van der Waals surface area (Å²) in [5.41, 5.74) is 2.17. The zero-order valence-electron chi connectivity index (χ0n) is 11.8. The fourth-order valence-corrected chi connectivity index (χ4v) is 1.96. The molecule has 108 valence electrons. The van der Waals surface area contributed by atoms with Crippen molar-refractivity contribution in [2.75, 3.05) is 13.2 Å². The Morgan fingerprint density at radius 3 is 3.00 bits per heavy atom. The summed E-state index contributed by atoms with van der Waals surface area (Å²) in [7, 11) is 0. The van der Waals surface area contributed by atoms with E-state index in [2.05, 4.69) is 22.3 Å². The molecule has 0 radical (unpaired) electrons. The lowest BCUT2D eigenvalue weighted by atomic mass is 10.0. The molecule has 0 spiro atoms. The monoisotopic (exact) mass is 283 g/mol. The summed E-state index contributed by atoms with van der Waals surface area (Å²) in [6.45, 7) is 2.79. The SMILES string of the molecule is Cc1c(C#CCO)cccc1C(=O)NCCn1cccn1. The molecule has 2 N–H and O–H groups in total. The van der Waals surface area contributed by atoms with Crippen molar-refractivity contribution in [1.29, 1.82) is 0 Å².